The zero-order chi connectivity index (χ0) is 23.7. The first kappa shape index (κ1) is 23.1. The maximum Gasteiger partial charge on any atom is 0.254 e. The van der Waals surface area contributed by atoms with Crippen LogP contribution < -0.4 is 0 Å². The first-order chi connectivity index (χ1) is 16.5. The van der Waals surface area contributed by atoms with Crippen LogP contribution in [0.5, 0.6) is 0 Å². The number of fused-ring (bicyclic) bond motifs is 1. The van der Waals surface area contributed by atoms with E-state index in [1.807, 2.05) is 17.2 Å². The van der Waals surface area contributed by atoms with Gasteiger partial charge in [-0.15, -0.1) is 0 Å². The van der Waals surface area contributed by atoms with Gasteiger partial charge in [-0.3, -0.25) is 19.5 Å². The summed E-state index contributed by atoms with van der Waals surface area (Å²) in [4.78, 5) is 37.0. The zero-order valence-corrected chi connectivity index (χ0v) is 20.3. The summed E-state index contributed by atoms with van der Waals surface area (Å²) in [6.45, 7) is 4.25. The van der Waals surface area contributed by atoms with Crippen molar-refractivity contribution in [1.82, 2.24) is 19.7 Å². The van der Waals surface area contributed by atoms with E-state index >= 15 is 0 Å². The lowest BCUT2D eigenvalue weighted by Gasteiger charge is -2.37. The fraction of sp³-hybridized carbons (Fsp3) is 0.346. The molecule has 5 rings (SSSR count). The van der Waals surface area contributed by atoms with Gasteiger partial charge >= 0.3 is 0 Å². The Morgan fingerprint density at radius 1 is 0.941 bits per heavy atom. The van der Waals surface area contributed by atoms with E-state index in [-0.39, 0.29) is 11.8 Å². The molecule has 0 saturated carbocycles. The lowest BCUT2D eigenvalue weighted by molar-refractivity contribution is -0.137. The maximum atomic E-state index is 13.4. The lowest BCUT2D eigenvalue weighted by Crippen LogP contribution is -2.54. The molecule has 2 fully saturated rings. The van der Waals surface area contributed by atoms with Crippen LogP contribution in [0.1, 0.15) is 28.8 Å². The van der Waals surface area contributed by atoms with Gasteiger partial charge in [0.2, 0.25) is 5.91 Å². The third kappa shape index (κ3) is 4.76. The number of hydrogen-bond acceptors (Lipinski definition) is 4. The molecule has 0 N–H and O–H groups in total. The number of amides is 2. The summed E-state index contributed by atoms with van der Waals surface area (Å²) in [5, 5.41) is 1.96. The van der Waals surface area contributed by atoms with Gasteiger partial charge in [-0.1, -0.05) is 47.5 Å². The molecule has 0 radical (unpaired) electrons. The van der Waals surface area contributed by atoms with E-state index in [4.69, 9.17) is 23.2 Å². The number of pyridine rings is 1. The highest BCUT2D eigenvalue weighted by Gasteiger charge is 2.37. The van der Waals surface area contributed by atoms with E-state index in [1.54, 1.807) is 23.1 Å². The van der Waals surface area contributed by atoms with Crippen LogP contribution >= 0.6 is 23.2 Å². The van der Waals surface area contributed by atoms with E-state index in [1.165, 1.54) is 5.56 Å². The molecule has 0 bridgehead atoms. The van der Waals surface area contributed by atoms with Crippen molar-refractivity contribution in [3.8, 4) is 0 Å². The number of likely N-dealkylation sites (tertiary alicyclic amines) is 1. The molecule has 8 heteroatoms. The summed E-state index contributed by atoms with van der Waals surface area (Å²) in [5.74, 6) is -0.159. The van der Waals surface area contributed by atoms with Crippen LogP contribution in [0.3, 0.4) is 0 Å². The molecule has 6 nitrogen and oxygen atoms in total. The van der Waals surface area contributed by atoms with Crippen molar-refractivity contribution in [2.24, 2.45) is 0 Å². The van der Waals surface area contributed by atoms with Gasteiger partial charge in [-0.2, -0.15) is 0 Å². The topological polar surface area (TPSA) is 56.8 Å². The van der Waals surface area contributed by atoms with Crippen LogP contribution in [-0.4, -0.2) is 70.3 Å². The number of aromatic nitrogens is 1. The van der Waals surface area contributed by atoms with E-state index in [0.29, 0.717) is 41.7 Å². The number of carbonyl (C=O) groups excluding carboxylic acids is 2. The minimum atomic E-state index is -0.431. The number of para-hydroxylation sites is 1. The Balaban J connectivity index is 1.22. The highest BCUT2D eigenvalue weighted by Crippen LogP contribution is 2.26. The van der Waals surface area contributed by atoms with Gasteiger partial charge in [0.25, 0.3) is 5.91 Å². The normalized spacial score (nSPS) is 19.1. The van der Waals surface area contributed by atoms with Crippen molar-refractivity contribution in [1.29, 1.82) is 0 Å². The average Bonchev–Trinajstić information content (AvgIpc) is 3.33. The molecule has 2 amide bonds. The number of rotatable bonds is 4. The third-order valence-corrected chi connectivity index (χ3v) is 7.14. The second-order valence-electron chi connectivity index (χ2n) is 8.91. The smallest absolute Gasteiger partial charge is 0.254 e. The Hall–Kier alpha value is -2.67. The van der Waals surface area contributed by atoms with Gasteiger partial charge in [-0.05, 0) is 42.7 Å². The third-order valence-electron chi connectivity index (χ3n) is 6.70. The minimum Gasteiger partial charge on any atom is -0.338 e. The fourth-order valence-electron chi connectivity index (χ4n) is 4.98. The van der Waals surface area contributed by atoms with Gasteiger partial charge in [0.1, 0.15) is 6.04 Å². The van der Waals surface area contributed by atoms with Gasteiger partial charge in [-0.25, -0.2) is 0 Å². The molecule has 2 aliphatic rings. The maximum absolute atomic E-state index is 13.4. The second-order valence-corrected chi connectivity index (χ2v) is 9.78. The molecule has 34 heavy (non-hydrogen) atoms. The molecular weight excluding hydrogens is 471 g/mol. The molecule has 1 unspecified atom stereocenters. The summed E-state index contributed by atoms with van der Waals surface area (Å²) in [6.07, 6.45) is 3.32. The molecular formula is C26H26Cl2N4O2. The molecule has 1 aromatic heterocycles. The molecule has 2 aromatic carbocycles. The monoisotopic (exact) mass is 496 g/mol. The van der Waals surface area contributed by atoms with Gasteiger partial charge in [0.15, 0.2) is 0 Å². The largest absolute Gasteiger partial charge is 0.338 e. The van der Waals surface area contributed by atoms with E-state index < -0.39 is 6.04 Å². The highest BCUT2D eigenvalue weighted by molar-refractivity contribution is 6.35. The molecule has 3 aromatic rings. The van der Waals surface area contributed by atoms with Crippen LogP contribution in [0.15, 0.2) is 54.7 Å². The van der Waals surface area contributed by atoms with Crippen LogP contribution in [0.2, 0.25) is 10.0 Å². The molecule has 1 atom stereocenters. The Morgan fingerprint density at radius 2 is 1.68 bits per heavy atom. The van der Waals surface area contributed by atoms with Crippen molar-refractivity contribution in [2.45, 2.75) is 25.4 Å². The first-order valence-electron chi connectivity index (χ1n) is 11.6. The number of piperazine rings is 1. The molecule has 3 heterocycles. The number of benzene rings is 2. The summed E-state index contributed by atoms with van der Waals surface area (Å²) >= 11 is 12.2. The van der Waals surface area contributed by atoms with Crippen LogP contribution in [-0.2, 0) is 11.3 Å². The van der Waals surface area contributed by atoms with Crippen LogP contribution in [0, 0.1) is 0 Å². The molecule has 2 aliphatic heterocycles. The second kappa shape index (κ2) is 9.90. The van der Waals surface area contributed by atoms with Crippen molar-refractivity contribution < 1.29 is 9.59 Å². The fourth-order valence-corrected chi connectivity index (χ4v) is 5.51. The number of carbonyl (C=O) groups is 2. The summed E-state index contributed by atoms with van der Waals surface area (Å²) in [5.41, 5.74) is 2.65. The Labute approximate surface area is 209 Å². The lowest BCUT2D eigenvalue weighted by atomic mass is 10.1. The Bertz CT molecular complexity index is 1200. The quantitative estimate of drug-likeness (QED) is 0.533. The van der Waals surface area contributed by atoms with Crippen molar-refractivity contribution in [3.63, 3.8) is 0 Å². The molecule has 0 aliphatic carbocycles. The summed E-state index contributed by atoms with van der Waals surface area (Å²) in [6, 6.07) is 14.7. The SMILES string of the molecule is O=C(C1CCCN1C(=O)c1cc(Cl)cc(Cl)c1)N1CCN(Cc2cccc3cccnc23)CC1. The Morgan fingerprint density at radius 3 is 2.44 bits per heavy atom. The van der Waals surface area contributed by atoms with Crippen LogP contribution in [0.25, 0.3) is 10.9 Å². The number of hydrogen-bond donors (Lipinski definition) is 0. The average molecular weight is 497 g/mol. The number of halogens is 2. The standard InChI is InChI=1S/C26H26Cl2N4O2/c27-21-14-20(15-22(28)16-21)25(33)32-9-3-7-23(32)26(34)31-12-10-30(11-13-31)17-19-5-1-4-18-6-2-8-29-24(18)19/h1-2,4-6,8,14-16,23H,3,7,9-13,17H2. The van der Waals surface area contributed by atoms with Gasteiger partial charge in [0, 0.05) is 66.5 Å². The van der Waals surface area contributed by atoms with E-state index in [9.17, 15) is 9.59 Å². The molecule has 2 saturated heterocycles. The van der Waals surface area contributed by atoms with E-state index in [0.717, 1.165) is 37.0 Å². The van der Waals surface area contributed by atoms with Crippen molar-refractivity contribution in [3.05, 3.63) is 75.9 Å². The zero-order valence-electron chi connectivity index (χ0n) is 18.8. The molecule has 0 spiro atoms. The highest BCUT2D eigenvalue weighted by atomic mass is 35.5. The summed E-state index contributed by atoms with van der Waals surface area (Å²) < 4.78 is 0. The minimum absolute atomic E-state index is 0.0328. The van der Waals surface area contributed by atoms with E-state index in [2.05, 4.69) is 34.1 Å². The predicted octanol–water partition coefficient (Wildman–Crippen LogP) is 4.49. The van der Waals surface area contributed by atoms with Gasteiger partial charge in [0.05, 0.1) is 5.52 Å². The summed E-state index contributed by atoms with van der Waals surface area (Å²) in [7, 11) is 0. The van der Waals surface area contributed by atoms with Gasteiger partial charge < -0.3 is 9.80 Å². The van der Waals surface area contributed by atoms with Crippen molar-refractivity contribution >= 4 is 45.9 Å². The number of nitrogens with zero attached hydrogens (tertiary/aromatic N) is 4. The van der Waals surface area contributed by atoms with Crippen LogP contribution in [0.4, 0.5) is 0 Å². The predicted molar refractivity (Wildman–Crippen MR) is 134 cm³/mol. The Kier molecular flexibility index (Phi) is 6.73. The van der Waals surface area contributed by atoms with Crippen molar-refractivity contribution in [2.75, 3.05) is 32.7 Å². The first-order valence-corrected chi connectivity index (χ1v) is 12.4. The molecule has 176 valence electrons.